The number of aryl methyl sites for hydroxylation is 2. The number of amidine groups is 1. The number of imidazole rings is 1. The van der Waals surface area contributed by atoms with Crippen molar-refractivity contribution >= 4 is 29.3 Å². The van der Waals surface area contributed by atoms with Gasteiger partial charge in [-0.05, 0) is 25.3 Å². The number of nitrogens with zero attached hydrogens (tertiary/aromatic N) is 4. The normalized spacial score (nSPS) is 15.8. The number of hydrogen-bond acceptors (Lipinski definition) is 6. The highest BCUT2D eigenvalue weighted by atomic mass is 35.5. The molecule has 2 heterocycles. The molecule has 2 aromatic rings. The first-order valence-corrected chi connectivity index (χ1v) is 9.61. The van der Waals surface area contributed by atoms with Crippen molar-refractivity contribution in [2.24, 2.45) is 10.7 Å². The van der Waals surface area contributed by atoms with E-state index in [1.165, 1.54) is 0 Å². The number of benzene rings is 1. The Morgan fingerprint density at radius 1 is 1.39 bits per heavy atom. The highest BCUT2D eigenvalue weighted by molar-refractivity contribution is 6.23. The largest absolute Gasteiger partial charge is 0.450 e. The number of alkyl halides is 1. The Labute approximate surface area is 169 Å². The van der Waals surface area contributed by atoms with E-state index in [9.17, 15) is 4.79 Å². The Morgan fingerprint density at radius 3 is 3.00 bits per heavy atom. The van der Waals surface area contributed by atoms with Gasteiger partial charge in [0.25, 0.3) is 0 Å². The summed E-state index contributed by atoms with van der Waals surface area (Å²) in [5, 5.41) is 2.76. The second kappa shape index (κ2) is 8.97. The van der Waals surface area contributed by atoms with Gasteiger partial charge in [0.2, 0.25) is 5.62 Å². The molecule has 0 aliphatic carbocycles. The third kappa shape index (κ3) is 4.75. The molecule has 1 aliphatic heterocycles. The summed E-state index contributed by atoms with van der Waals surface area (Å²) in [6, 6.07) is 7.99. The van der Waals surface area contributed by atoms with E-state index in [2.05, 4.69) is 15.3 Å². The maximum atomic E-state index is 11.8. The molecule has 1 aliphatic rings. The van der Waals surface area contributed by atoms with Crippen molar-refractivity contribution in [1.29, 1.82) is 0 Å². The first-order chi connectivity index (χ1) is 13.5. The van der Waals surface area contributed by atoms with Crippen LogP contribution in [-0.2, 0) is 17.8 Å². The molecule has 0 spiro atoms. The fraction of sp³-hybridized carbons (Fsp3) is 0.421. The van der Waals surface area contributed by atoms with Crippen LogP contribution in [0.5, 0.6) is 0 Å². The maximum absolute atomic E-state index is 11.8. The summed E-state index contributed by atoms with van der Waals surface area (Å²) < 4.78 is 7.23. The minimum absolute atomic E-state index is 0.348. The molecule has 1 aromatic heterocycles. The number of hydrogen-bond donors (Lipinski definition) is 2. The summed E-state index contributed by atoms with van der Waals surface area (Å²) in [7, 11) is 1.85. The number of carbonyl (C=O) groups excluding carboxylic acids is 1. The van der Waals surface area contributed by atoms with Crippen molar-refractivity contribution in [2.45, 2.75) is 38.5 Å². The van der Waals surface area contributed by atoms with Gasteiger partial charge in [-0.1, -0.05) is 41.4 Å². The second-order valence-electron chi connectivity index (χ2n) is 6.73. The average molecular weight is 405 g/mol. The Kier molecular flexibility index (Phi) is 6.41. The molecular weight excluding hydrogens is 380 g/mol. The summed E-state index contributed by atoms with van der Waals surface area (Å²) in [6.07, 6.45) is 2.89. The number of anilines is 1. The van der Waals surface area contributed by atoms with Gasteiger partial charge in [-0.15, -0.1) is 0 Å². The zero-order chi connectivity index (χ0) is 20.1. The molecule has 0 saturated heterocycles. The van der Waals surface area contributed by atoms with Crippen LogP contribution in [0.4, 0.5) is 10.6 Å². The fourth-order valence-electron chi connectivity index (χ4n) is 3.05. The molecule has 8 nitrogen and oxygen atoms in total. The minimum atomic E-state index is -0.539. The molecule has 0 bridgehead atoms. The summed E-state index contributed by atoms with van der Waals surface area (Å²) in [5.74, 6) is 1.20. The standard InChI is InChI=1S/C19H25ClN6O2/c1-13-6-5-7-14(10-13)11-22-19(27)28-9-4-3-8-26-12-23-15-16(21)24-18(20)25(2)17(15)26/h5-7,10,12,18H,3-4,8-9,11H2,1-2H3,(H2,21,24)(H,22,27). The van der Waals surface area contributed by atoms with Crippen molar-refractivity contribution in [3.8, 4) is 0 Å². The highest BCUT2D eigenvalue weighted by Crippen LogP contribution is 2.27. The Morgan fingerprint density at radius 2 is 2.21 bits per heavy atom. The van der Waals surface area contributed by atoms with Crippen LogP contribution in [0.3, 0.4) is 0 Å². The highest BCUT2D eigenvalue weighted by Gasteiger charge is 2.27. The van der Waals surface area contributed by atoms with Crippen LogP contribution < -0.4 is 16.0 Å². The SMILES string of the molecule is Cc1cccc(CNC(=O)OCCCCn2cnc3c2N(C)C(Cl)N=C3N)c1. The molecule has 0 radical (unpaired) electrons. The molecule has 9 heteroatoms. The molecule has 1 atom stereocenters. The fourth-order valence-corrected chi connectivity index (χ4v) is 3.25. The van der Waals surface area contributed by atoms with Crippen molar-refractivity contribution in [3.05, 3.63) is 47.4 Å². The van der Waals surface area contributed by atoms with E-state index >= 15 is 0 Å². The quantitative estimate of drug-likeness (QED) is 0.420. The van der Waals surface area contributed by atoms with E-state index in [0.717, 1.165) is 36.3 Å². The first-order valence-electron chi connectivity index (χ1n) is 9.17. The van der Waals surface area contributed by atoms with E-state index in [4.69, 9.17) is 22.1 Å². The van der Waals surface area contributed by atoms with Crippen molar-refractivity contribution < 1.29 is 9.53 Å². The Bertz CT molecular complexity index is 866. The third-order valence-corrected chi connectivity index (χ3v) is 4.89. The van der Waals surface area contributed by atoms with Crippen molar-refractivity contribution in [3.63, 3.8) is 0 Å². The lowest BCUT2D eigenvalue weighted by molar-refractivity contribution is 0.143. The number of aromatic nitrogens is 2. The van der Waals surface area contributed by atoms with E-state index < -0.39 is 11.7 Å². The van der Waals surface area contributed by atoms with Crippen molar-refractivity contribution in [1.82, 2.24) is 14.9 Å². The van der Waals surface area contributed by atoms with Gasteiger partial charge < -0.3 is 25.3 Å². The van der Waals surface area contributed by atoms with Crippen LogP contribution in [0.2, 0.25) is 0 Å². The van der Waals surface area contributed by atoms with E-state index in [-0.39, 0.29) is 0 Å². The lowest BCUT2D eigenvalue weighted by atomic mass is 10.1. The van der Waals surface area contributed by atoms with Crippen LogP contribution in [0.1, 0.15) is 29.7 Å². The van der Waals surface area contributed by atoms with Gasteiger partial charge in [-0.25, -0.2) is 14.8 Å². The zero-order valence-electron chi connectivity index (χ0n) is 16.1. The number of aliphatic imine (C=N–C) groups is 1. The molecular formula is C19H25ClN6O2. The number of halogens is 1. The maximum Gasteiger partial charge on any atom is 0.407 e. The van der Waals surface area contributed by atoms with Crippen LogP contribution in [0.25, 0.3) is 0 Å². The third-order valence-electron chi connectivity index (χ3n) is 4.50. The van der Waals surface area contributed by atoms with Gasteiger partial charge >= 0.3 is 6.09 Å². The van der Waals surface area contributed by atoms with Gasteiger partial charge in [0, 0.05) is 20.1 Å². The smallest absolute Gasteiger partial charge is 0.407 e. The molecule has 3 rings (SSSR count). The summed E-state index contributed by atoms with van der Waals surface area (Å²) in [5.41, 5.74) is 8.21. The molecule has 3 N–H and O–H groups in total. The molecule has 150 valence electrons. The predicted octanol–water partition coefficient (Wildman–Crippen LogP) is 2.58. The summed E-state index contributed by atoms with van der Waals surface area (Å²) in [4.78, 5) is 22.1. The molecule has 1 aromatic carbocycles. The Hall–Kier alpha value is -2.74. The Balaban J connectivity index is 1.39. The number of fused-ring (bicyclic) bond motifs is 1. The number of alkyl carbamates (subject to hydrolysis) is 1. The van der Waals surface area contributed by atoms with E-state index in [0.29, 0.717) is 24.7 Å². The van der Waals surface area contributed by atoms with Gasteiger partial charge in [0.15, 0.2) is 5.84 Å². The lowest BCUT2D eigenvalue weighted by Crippen LogP contribution is -2.36. The summed E-state index contributed by atoms with van der Waals surface area (Å²) in [6.45, 7) is 3.55. The van der Waals surface area contributed by atoms with Crippen LogP contribution >= 0.6 is 11.6 Å². The van der Waals surface area contributed by atoms with Gasteiger partial charge in [-0.3, -0.25) is 0 Å². The van der Waals surface area contributed by atoms with Crippen molar-refractivity contribution in [2.75, 3.05) is 18.6 Å². The molecule has 1 amide bonds. The monoisotopic (exact) mass is 404 g/mol. The molecule has 0 saturated carbocycles. The van der Waals surface area contributed by atoms with Crippen LogP contribution in [-0.4, -0.2) is 40.8 Å². The van der Waals surface area contributed by atoms with Gasteiger partial charge in [0.05, 0.1) is 12.9 Å². The molecule has 0 fully saturated rings. The van der Waals surface area contributed by atoms with E-state index in [1.54, 1.807) is 6.33 Å². The number of carbonyl (C=O) groups is 1. The predicted molar refractivity (Wildman–Crippen MR) is 110 cm³/mol. The number of nitrogens with two attached hydrogens (primary N) is 1. The van der Waals surface area contributed by atoms with Gasteiger partial charge in [-0.2, -0.15) is 0 Å². The number of ether oxygens (including phenoxy) is 1. The molecule has 1 unspecified atom stereocenters. The van der Waals surface area contributed by atoms with Gasteiger partial charge in [0.1, 0.15) is 11.5 Å². The zero-order valence-corrected chi connectivity index (χ0v) is 16.8. The number of amides is 1. The second-order valence-corrected chi connectivity index (χ2v) is 7.12. The van der Waals surface area contributed by atoms with E-state index in [1.807, 2.05) is 47.7 Å². The minimum Gasteiger partial charge on any atom is -0.450 e. The van der Waals surface area contributed by atoms with Crippen LogP contribution in [0, 0.1) is 6.92 Å². The number of unbranched alkanes of at least 4 members (excludes halogenated alkanes) is 1. The lowest BCUT2D eigenvalue weighted by Gasteiger charge is -2.27. The summed E-state index contributed by atoms with van der Waals surface area (Å²) >= 11 is 6.17. The topological polar surface area (TPSA) is 97.8 Å². The van der Waals surface area contributed by atoms with Crippen LogP contribution in [0.15, 0.2) is 35.6 Å². The average Bonchev–Trinajstić information content (AvgIpc) is 3.09. The number of nitrogens with one attached hydrogen (secondary N) is 1. The number of rotatable bonds is 7. The molecule has 28 heavy (non-hydrogen) atoms. The first kappa shape index (κ1) is 20.0.